The van der Waals surface area contributed by atoms with Crippen molar-refractivity contribution in [2.45, 2.75) is 55.9 Å². The van der Waals surface area contributed by atoms with E-state index in [1.54, 1.807) is 6.07 Å². The molecular weight excluding hydrogens is 378 g/mol. The molecule has 1 aliphatic heterocycles. The largest absolute Gasteiger partial charge is 0.508 e. The third kappa shape index (κ3) is 3.63. The molecule has 1 heterocycles. The maximum Gasteiger partial charge on any atom is 0.116 e. The van der Waals surface area contributed by atoms with Gasteiger partial charge < -0.3 is 10.4 Å². The first kappa shape index (κ1) is 21.5. The minimum Gasteiger partial charge on any atom is -0.508 e. The number of phenolic OH excluding ortho intramolecular Hbond substituents is 1. The molecular formula is C29H35NO. The Morgan fingerprint density at radius 2 is 1.77 bits per heavy atom. The van der Waals surface area contributed by atoms with Crippen molar-refractivity contribution in [3.8, 4) is 5.75 Å². The normalized spacial score (nSPS) is 28.8. The van der Waals surface area contributed by atoms with E-state index in [0.29, 0.717) is 17.6 Å². The number of phenols is 1. The number of hydrogen-bond acceptors (Lipinski definition) is 2. The lowest BCUT2D eigenvalue weighted by Crippen LogP contribution is -2.64. The molecule has 1 fully saturated rings. The lowest BCUT2D eigenvalue weighted by atomic mass is 9.47. The number of fused-ring (bicyclic) bond motifs is 4. The van der Waals surface area contributed by atoms with Crippen molar-refractivity contribution in [2.75, 3.05) is 5.32 Å². The predicted molar refractivity (Wildman–Crippen MR) is 132 cm³/mol. The molecule has 1 saturated carbocycles. The van der Waals surface area contributed by atoms with Gasteiger partial charge >= 0.3 is 0 Å². The van der Waals surface area contributed by atoms with Crippen LogP contribution in [0.4, 0.5) is 5.69 Å². The highest BCUT2D eigenvalue weighted by atomic mass is 16.3. The molecule has 4 atom stereocenters. The molecule has 31 heavy (non-hydrogen) atoms. The van der Waals surface area contributed by atoms with E-state index >= 15 is 0 Å². The van der Waals surface area contributed by atoms with Gasteiger partial charge in [0.15, 0.2) is 0 Å². The van der Waals surface area contributed by atoms with E-state index in [1.807, 2.05) is 6.07 Å². The Bertz CT molecular complexity index is 948. The smallest absolute Gasteiger partial charge is 0.116 e. The van der Waals surface area contributed by atoms with Gasteiger partial charge in [-0.25, -0.2) is 0 Å². The number of benzene rings is 2. The third-order valence-corrected chi connectivity index (χ3v) is 7.88. The third-order valence-electron chi connectivity index (χ3n) is 7.88. The fourth-order valence-electron chi connectivity index (χ4n) is 6.66. The molecule has 2 heteroatoms. The fourth-order valence-corrected chi connectivity index (χ4v) is 6.66. The zero-order valence-electron chi connectivity index (χ0n) is 18.5. The summed E-state index contributed by atoms with van der Waals surface area (Å²) >= 11 is 0. The molecule has 2 N–H and O–H groups in total. The molecule has 0 radical (unpaired) electrons. The molecule has 2 aromatic carbocycles. The molecule has 1 aliphatic carbocycles. The fraction of sp³-hybridized carbons (Fsp3) is 0.379. The molecule has 4 rings (SSSR count). The zero-order valence-corrected chi connectivity index (χ0v) is 18.5. The Labute approximate surface area is 187 Å². The molecule has 0 saturated heterocycles. The Kier molecular flexibility index (Phi) is 6.09. The highest BCUT2D eigenvalue weighted by Gasteiger charge is 2.60. The average molecular weight is 414 g/mol. The van der Waals surface area contributed by atoms with Crippen molar-refractivity contribution < 1.29 is 5.11 Å². The molecule has 2 aliphatic rings. The van der Waals surface area contributed by atoms with E-state index in [9.17, 15) is 5.11 Å². The van der Waals surface area contributed by atoms with Crippen molar-refractivity contribution in [3.63, 3.8) is 0 Å². The second-order valence-electron chi connectivity index (χ2n) is 9.37. The lowest BCUT2D eigenvalue weighted by molar-refractivity contribution is 0.0362. The molecule has 4 unspecified atom stereocenters. The summed E-state index contributed by atoms with van der Waals surface area (Å²) in [5.41, 5.74) is 3.68. The van der Waals surface area contributed by atoms with Crippen molar-refractivity contribution in [2.24, 2.45) is 11.8 Å². The van der Waals surface area contributed by atoms with Crippen molar-refractivity contribution in [1.82, 2.24) is 0 Å². The first-order valence-electron chi connectivity index (χ1n) is 11.6. The number of aromatic hydroxyl groups is 1. The summed E-state index contributed by atoms with van der Waals surface area (Å²) in [6.07, 6.45) is 13.5. The van der Waals surface area contributed by atoms with Gasteiger partial charge in [-0.15, -0.1) is 19.7 Å². The van der Waals surface area contributed by atoms with Crippen LogP contribution in [-0.4, -0.2) is 10.6 Å². The van der Waals surface area contributed by atoms with Gasteiger partial charge in [0.25, 0.3) is 0 Å². The van der Waals surface area contributed by atoms with Crippen LogP contribution in [0.1, 0.15) is 49.7 Å². The topological polar surface area (TPSA) is 32.3 Å². The summed E-state index contributed by atoms with van der Waals surface area (Å²) in [7, 11) is 0. The Hall–Kier alpha value is -2.74. The number of rotatable bonds is 9. The van der Waals surface area contributed by atoms with E-state index in [4.69, 9.17) is 0 Å². The van der Waals surface area contributed by atoms with Crippen molar-refractivity contribution >= 4 is 5.69 Å². The standard InChI is InChI=1S/C29H35NO/c1-4-10-27-28(18-5-2)20-17-23(14-13-22-11-8-7-9-12-22)29(27,19-6-3)30-26-16-15-24(31)21-25(26)28/h4-9,11-12,15-16,21,23,27,30-31H,1-3,10,13-14,17-20H2. The van der Waals surface area contributed by atoms with Crippen LogP contribution >= 0.6 is 0 Å². The van der Waals surface area contributed by atoms with Crippen LogP contribution in [0.25, 0.3) is 0 Å². The van der Waals surface area contributed by atoms with E-state index in [0.717, 1.165) is 50.6 Å². The SMILES string of the molecule is C=CCC1C2(CC=C)CCC(CCc3ccccc3)C1(CC=C)Nc1ccc(O)cc12. The van der Waals surface area contributed by atoms with E-state index in [1.165, 1.54) is 11.1 Å². The summed E-state index contributed by atoms with van der Waals surface area (Å²) in [6, 6.07) is 16.7. The summed E-state index contributed by atoms with van der Waals surface area (Å²) in [5.74, 6) is 1.25. The van der Waals surface area contributed by atoms with Gasteiger partial charge in [0, 0.05) is 16.6 Å². The predicted octanol–water partition coefficient (Wildman–Crippen LogP) is 7.18. The minimum absolute atomic E-state index is 0.0402. The summed E-state index contributed by atoms with van der Waals surface area (Å²) < 4.78 is 0. The molecule has 2 aromatic rings. The molecule has 0 aromatic heterocycles. The Morgan fingerprint density at radius 3 is 2.48 bits per heavy atom. The number of anilines is 1. The van der Waals surface area contributed by atoms with Gasteiger partial charge in [0.2, 0.25) is 0 Å². The van der Waals surface area contributed by atoms with Crippen LogP contribution in [0.15, 0.2) is 86.5 Å². The first-order chi connectivity index (χ1) is 15.1. The highest BCUT2D eigenvalue weighted by Crippen LogP contribution is 2.62. The van der Waals surface area contributed by atoms with Gasteiger partial charge in [0.1, 0.15) is 5.75 Å². The van der Waals surface area contributed by atoms with Crippen LogP contribution < -0.4 is 5.32 Å². The second kappa shape index (κ2) is 8.78. The molecule has 0 spiro atoms. The Morgan fingerprint density at radius 1 is 1.00 bits per heavy atom. The van der Waals surface area contributed by atoms with Crippen LogP contribution in [0.2, 0.25) is 0 Å². The molecule has 0 amide bonds. The van der Waals surface area contributed by atoms with Crippen LogP contribution in [-0.2, 0) is 11.8 Å². The lowest BCUT2D eigenvalue weighted by Gasteiger charge is -2.63. The van der Waals surface area contributed by atoms with Crippen molar-refractivity contribution in [1.29, 1.82) is 0 Å². The van der Waals surface area contributed by atoms with Crippen LogP contribution in [0.5, 0.6) is 5.75 Å². The average Bonchev–Trinajstić information content (AvgIpc) is 2.77. The maximum atomic E-state index is 10.3. The van der Waals surface area contributed by atoms with Gasteiger partial charge in [-0.1, -0.05) is 48.6 Å². The number of allylic oxidation sites excluding steroid dienone is 2. The van der Waals surface area contributed by atoms with Gasteiger partial charge in [-0.3, -0.25) is 0 Å². The summed E-state index contributed by atoms with van der Waals surface area (Å²) in [4.78, 5) is 0. The number of aryl methyl sites for hydroxylation is 1. The second-order valence-corrected chi connectivity index (χ2v) is 9.37. The Balaban J connectivity index is 1.81. The molecule has 2 bridgehead atoms. The number of hydrogen-bond donors (Lipinski definition) is 2. The van der Waals surface area contributed by atoms with Gasteiger partial charge in [0.05, 0.1) is 0 Å². The van der Waals surface area contributed by atoms with Crippen LogP contribution in [0, 0.1) is 11.8 Å². The van der Waals surface area contributed by atoms with E-state index < -0.39 is 0 Å². The monoisotopic (exact) mass is 413 g/mol. The zero-order chi connectivity index (χ0) is 21.9. The van der Waals surface area contributed by atoms with Crippen LogP contribution in [0.3, 0.4) is 0 Å². The van der Waals surface area contributed by atoms with E-state index in [-0.39, 0.29) is 11.0 Å². The van der Waals surface area contributed by atoms with E-state index in [2.05, 4.69) is 79.7 Å². The van der Waals surface area contributed by atoms with Gasteiger partial charge in [-0.2, -0.15) is 0 Å². The van der Waals surface area contributed by atoms with Gasteiger partial charge in [-0.05, 0) is 86.1 Å². The number of nitrogens with one attached hydrogen (secondary N) is 1. The minimum atomic E-state index is -0.0735. The summed E-state index contributed by atoms with van der Waals surface area (Å²) in [6.45, 7) is 12.4. The molecule has 2 nitrogen and oxygen atoms in total. The summed E-state index contributed by atoms with van der Waals surface area (Å²) in [5, 5.41) is 14.3. The highest BCUT2D eigenvalue weighted by molar-refractivity contribution is 5.63. The quantitative estimate of drug-likeness (QED) is 0.337. The molecule has 162 valence electrons. The first-order valence-corrected chi connectivity index (χ1v) is 11.6. The maximum absolute atomic E-state index is 10.3. The van der Waals surface area contributed by atoms with Crippen molar-refractivity contribution in [3.05, 3.63) is 97.6 Å².